The molecule has 0 amide bonds. The lowest BCUT2D eigenvalue weighted by molar-refractivity contribution is -0.143. The van der Waals surface area contributed by atoms with Gasteiger partial charge in [0.05, 0.1) is 19.8 Å². The summed E-state index contributed by atoms with van der Waals surface area (Å²) in [6.07, 6.45) is 83.3. The van der Waals surface area contributed by atoms with Crippen LogP contribution in [0.25, 0.3) is 0 Å². The van der Waals surface area contributed by atoms with E-state index in [-0.39, 0.29) is 5.97 Å². The summed E-state index contributed by atoms with van der Waals surface area (Å²) in [7, 11) is -0.800. The molecule has 0 saturated carbocycles. The molecule has 0 unspecified atom stereocenters. The van der Waals surface area contributed by atoms with Crippen molar-refractivity contribution in [3.05, 3.63) is 0 Å². The number of carbonyl (C=O) groups is 1. The predicted molar refractivity (Wildman–Crippen MR) is 341 cm³/mol. The Balaban J connectivity index is 3.84. The highest BCUT2D eigenvalue weighted by atomic mass is 32.7. The van der Waals surface area contributed by atoms with E-state index in [1.165, 1.54) is 378 Å². The predicted octanol–water partition coefficient (Wildman–Crippen LogP) is 26.4. The summed E-state index contributed by atoms with van der Waals surface area (Å²) >= 11 is 1.99. The first-order chi connectivity index (χ1) is 37.2. The molecule has 0 aliphatic carbocycles. The van der Waals surface area contributed by atoms with Gasteiger partial charge in [-0.05, 0) is 32.1 Å². The van der Waals surface area contributed by atoms with E-state index in [0.717, 1.165) is 26.1 Å². The highest BCUT2D eigenvalue weighted by Crippen LogP contribution is 2.52. The molecule has 4 nitrogen and oxygen atoms in total. The fourth-order valence-electron chi connectivity index (χ4n) is 10.9. The summed E-state index contributed by atoms with van der Waals surface area (Å²) in [4.78, 5) is 12.2. The molecule has 0 aromatic heterocycles. The second-order valence-electron chi connectivity index (χ2n) is 23.8. The first-order valence-corrected chi connectivity index (χ1v) is 37.9. The summed E-state index contributed by atoms with van der Waals surface area (Å²) in [6.45, 7) is 9.31. The number of esters is 1. The molecule has 6 heteroatoms. The fraction of sp³-hybridized carbons (Fsp3) is 0.986. The molecule has 450 valence electrons. The summed E-state index contributed by atoms with van der Waals surface area (Å²) in [5.74, 6) is 1.22. The first kappa shape index (κ1) is 75.2. The average Bonchev–Trinajstić information content (AvgIpc) is 3.42. The Morgan fingerprint density at radius 3 is 0.707 bits per heavy atom. The third kappa shape index (κ3) is 68.4. The van der Waals surface area contributed by atoms with Gasteiger partial charge in [-0.3, -0.25) is 4.79 Å². The van der Waals surface area contributed by atoms with Crippen LogP contribution in [0, 0.1) is 0 Å². The Labute approximate surface area is 479 Å². The van der Waals surface area contributed by atoms with Crippen molar-refractivity contribution in [1.29, 1.82) is 0 Å². The van der Waals surface area contributed by atoms with Crippen molar-refractivity contribution in [3.63, 3.8) is 0 Å². The van der Waals surface area contributed by atoms with E-state index >= 15 is 0 Å². The minimum Gasteiger partial charge on any atom is -0.466 e. The second-order valence-corrected chi connectivity index (χ2v) is 27.1. The molecular formula is C69H139O4PS. The Bertz CT molecular complexity index is 978. The van der Waals surface area contributed by atoms with Gasteiger partial charge in [0.1, 0.15) is 0 Å². The summed E-state index contributed by atoms with van der Waals surface area (Å²) in [5.41, 5.74) is 0. The average molecular weight is 1100 g/mol. The van der Waals surface area contributed by atoms with E-state index in [4.69, 9.17) is 13.8 Å². The molecular weight excluding hydrogens is 956 g/mol. The Morgan fingerprint density at radius 2 is 0.453 bits per heavy atom. The van der Waals surface area contributed by atoms with Crippen LogP contribution < -0.4 is 0 Å². The van der Waals surface area contributed by atoms with Crippen molar-refractivity contribution in [2.75, 3.05) is 25.6 Å². The molecule has 0 radical (unpaired) electrons. The molecule has 0 spiro atoms. The molecule has 0 heterocycles. The molecule has 0 bridgehead atoms. The fourth-order valence-corrected chi connectivity index (χ4v) is 13.9. The zero-order chi connectivity index (χ0) is 53.9. The molecule has 0 aromatic carbocycles. The van der Waals surface area contributed by atoms with Crippen LogP contribution in [0.5, 0.6) is 0 Å². The van der Waals surface area contributed by atoms with Crippen LogP contribution in [-0.2, 0) is 18.6 Å². The summed E-state index contributed by atoms with van der Waals surface area (Å²) in [6, 6.07) is 0. The molecule has 0 aromatic rings. The van der Waals surface area contributed by atoms with Crippen LogP contribution in [0.2, 0.25) is 0 Å². The van der Waals surface area contributed by atoms with Crippen molar-refractivity contribution >= 4 is 24.9 Å². The maximum atomic E-state index is 12.2. The molecule has 0 aliphatic rings. The first-order valence-electron chi connectivity index (χ1n) is 35.1. The smallest absolute Gasteiger partial charge is 0.305 e. The van der Waals surface area contributed by atoms with Crippen LogP contribution in [0.15, 0.2) is 0 Å². The van der Waals surface area contributed by atoms with Gasteiger partial charge in [-0.2, -0.15) is 0 Å². The van der Waals surface area contributed by atoms with Crippen molar-refractivity contribution < 1.29 is 18.6 Å². The largest absolute Gasteiger partial charge is 0.466 e. The standard InChI is InChI=1S/C69H139O4PS/c1-4-7-10-13-16-19-22-25-30-35-40-45-50-55-60-65-71-69(70)64-59-54-49-44-39-34-29-28-33-38-43-48-53-58-63-68-75-74(72-66-61-56-51-46-41-36-31-26-23-20-17-14-11-8-5-2)73-67-62-57-52-47-42-37-32-27-24-21-18-15-12-9-6-3/h4-68H2,1-3H3. The zero-order valence-electron chi connectivity index (χ0n) is 52.0. The van der Waals surface area contributed by atoms with Crippen LogP contribution in [0.1, 0.15) is 412 Å². The molecule has 0 saturated heterocycles. The van der Waals surface area contributed by atoms with Gasteiger partial charge in [0.25, 0.3) is 0 Å². The van der Waals surface area contributed by atoms with Crippen LogP contribution in [0.4, 0.5) is 0 Å². The van der Waals surface area contributed by atoms with Crippen molar-refractivity contribution in [3.8, 4) is 0 Å². The second kappa shape index (κ2) is 70.3. The molecule has 0 N–H and O–H groups in total. The van der Waals surface area contributed by atoms with E-state index in [0.29, 0.717) is 13.0 Å². The van der Waals surface area contributed by atoms with Gasteiger partial charge in [-0.1, -0.05) is 385 Å². The van der Waals surface area contributed by atoms with Crippen LogP contribution in [0.3, 0.4) is 0 Å². The van der Waals surface area contributed by atoms with Crippen molar-refractivity contribution in [2.45, 2.75) is 412 Å². The van der Waals surface area contributed by atoms with Crippen LogP contribution >= 0.6 is 19.0 Å². The molecule has 0 rings (SSSR count). The lowest BCUT2D eigenvalue weighted by atomic mass is 10.0. The third-order valence-electron chi connectivity index (χ3n) is 16.1. The maximum absolute atomic E-state index is 12.2. The number of carbonyl (C=O) groups excluding carboxylic acids is 1. The Morgan fingerprint density at radius 1 is 0.253 bits per heavy atom. The number of unbranched alkanes of at least 4 members (excludes halogenated alkanes) is 56. The Hall–Kier alpha value is 0.170. The lowest BCUT2D eigenvalue weighted by Gasteiger charge is -2.17. The Kier molecular flexibility index (Phi) is 70.4. The number of ether oxygens (including phenoxy) is 1. The van der Waals surface area contributed by atoms with Gasteiger partial charge in [0, 0.05) is 12.2 Å². The minimum atomic E-state index is -0.800. The third-order valence-corrected chi connectivity index (χ3v) is 19.4. The summed E-state index contributed by atoms with van der Waals surface area (Å²) < 4.78 is 18.4. The molecule has 0 aliphatic heterocycles. The maximum Gasteiger partial charge on any atom is 0.305 e. The SMILES string of the molecule is CCCCCCCCCCCCCCCCCOC(=O)CCCCCCCCCCCCCCCCCSP(OCCCCCCCCCCCCCCCCC)OCCCCCCCCCCCCCCCCC. The van der Waals surface area contributed by atoms with Gasteiger partial charge in [-0.25, -0.2) is 0 Å². The molecule has 0 fully saturated rings. The zero-order valence-corrected chi connectivity index (χ0v) is 53.7. The topological polar surface area (TPSA) is 44.8 Å². The monoisotopic (exact) mass is 1100 g/mol. The number of rotatable bonds is 69. The highest BCUT2D eigenvalue weighted by molar-refractivity contribution is 8.52. The number of hydrogen-bond donors (Lipinski definition) is 0. The quantitative estimate of drug-likeness (QED) is 0.0345. The van der Waals surface area contributed by atoms with Gasteiger partial charge in [0.2, 0.25) is 7.58 Å². The highest BCUT2D eigenvalue weighted by Gasteiger charge is 2.12. The minimum absolute atomic E-state index is 0.0282. The van der Waals surface area contributed by atoms with Crippen molar-refractivity contribution in [2.24, 2.45) is 0 Å². The van der Waals surface area contributed by atoms with Gasteiger partial charge < -0.3 is 13.8 Å². The summed E-state index contributed by atoms with van der Waals surface area (Å²) in [5, 5.41) is 0. The van der Waals surface area contributed by atoms with E-state index < -0.39 is 7.58 Å². The lowest BCUT2D eigenvalue weighted by Crippen LogP contribution is -2.05. The molecule has 0 atom stereocenters. The number of hydrogen-bond acceptors (Lipinski definition) is 5. The van der Waals surface area contributed by atoms with E-state index in [2.05, 4.69) is 20.8 Å². The van der Waals surface area contributed by atoms with Gasteiger partial charge in [-0.15, -0.1) is 0 Å². The normalized spacial score (nSPS) is 11.7. The van der Waals surface area contributed by atoms with E-state index in [1.54, 1.807) is 0 Å². The van der Waals surface area contributed by atoms with E-state index in [1.807, 2.05) is 11.4 Å². The van der Waals surface area contributed by atoms with Crippen LogP contribution in [-0.4, -0.2) is 31.5 Å². The molecule has 75 heavy (non-hydrogen) atoms. The van der Waals surface area contributed by atoms with E-state index in [9.17, 15) is 4.79 Å². The van der Waals surface area contributed by atoms with Gasteiger partial charge in [0.15, 0.2) is 0 Å². The van der Waals surface area contributed by atoms with Gasteiger partial charge >= 0.3 is 5.97 Å². The van der Waals surface area contributed by atoms with Crippen molar-refractivity contribution in [1.82, 2.24) is 0 Å².